The minimum atomic E-state index is -0.428. The summed E-state index contributed by atoms with van der Waals surface area (Å²) in [6.45, 7) is 4.32. The molecule has 0 aliphatic heterocycles. The molecule has 0 saturated carbocycles. The van der Waals surface area contributed by atoms with Crippen molar-refractivity contribution in [1.29, 1.82) is 0 Å². The van der Waals surface area contributed by atoms with Crippen molar-refractivity contribution in [3.05, 3.63) is 47.7 Å². The second-order valence-corrected chi connectivity index (χ2v) is 7.23. The summed E-state index contributed by atoms with van der Waals surface area (Å²) in [6.07, 6.45) is 1.67. The van der Waals surface area contributed by atoms with E-state index in [4.69, 9.17) is 10.2 Å². The number of aromatic nitrogens is 3. The number of carbonyl (C=O) groups is 2. The number of nitrogens with two attached hydrogens (primary N) is 1. The number of nitrogens with zero attached hydrogens (tertiary/aromatic N) is 3. The van der Waals surface area contributed by atoms with Crippen LogP contribution in [0.1, 0.15) is 17.5 Å². The summed E-state index contributed by atoms with van der Waals surface area (Å²) in [7, 11) is 0. The van der Waals surface area contributed by atoms with Gasteiger partial charge in [0, 0.05) is 18.7 Å². The van der Waals surface area contributed by atoms with E-state index in [1.807, 2.05) is 32.0 Å². The lowest BCUT2D eigenvalue weighted by Crippen LogP contribution is -2.16. The number of nitrogens with one attached hydrogen (secondary N) is 1. The molecule has 0 saturated heterocycles. The maximum absolute atomic E-state index is 12.3. The Bertz CT molecular complexity index is 982. The highest BCUT2D eigenvalue weighted by Crippen LogP contribution is 2.25. The van der Waals surface area contributed by atoms with Crippen LogP contribution in [0, 0.1) is 13.8 Å². The molecule has 0 unspecified atom stereocenters. The smallest absolute Gasteiger partial charge is 0.234 e. The first kappa shape index (κ1) is 19.7. The standard InChI is InChI=1S/C19H21N5O3S/c1-12-5-6-14(10-13(12)2)21-17(26)11-28-19-23-22-18(15-4-3-9-27-15)24(19)8-7-16(20)25/h3-6,9-10H,7-8,11H2,1-2H3,(H2,20,25)(H,21,26). The molecule has 3 N–H and O–H groups in total. The largest absolute Gasteiger partial charge is 0.461 e. The lowest BCUT2D eigenvalue weighted by atomic mass is 10.1. The van der Waals surface area contributed by atoms with E-state index in [-0.39, 0.29) is 18.1 Å². The van der Waals surface area contributed by atoms with E-state index >= 15 is 0 Å². The quantitative estimate of drug-likeness (QED) is 0.563. The van der Waals surface area contributed by atoms with Crippen LogP contribution in [-0.2, 0) is 16.1 Å². The molecule has 1 aromatic carbocycles. The monoisotopic (exact) mass is 399 g/mol. The Morgan fingerprint density at radius 2 is 2.04 bits per heavy atom. The SMILES string of the molecule is Cc1ccc(NC(=O)CSc2nnc(-c3ccco3)n2CCC(N)=O)cc1C. The van der Waals surface area contributed by atoms with Crippen molar-refractivity contribution in [3.8, 4) is 11.6 Å². The highest BCUT2D eigenvalue weighted by atomic mass is 32.2. The molecule has 28 heavy (non-hydrogen) atoms. The van der Waals surface area contributed by atoms with Crippen molar-refractivity contribution in [3.63, 3.8) is 0 Å². The Labute approximate surface area is 166 Å². The zero-order valence-corrected chi connectivity index (χ0v) is 16.5. The number of amides is 2. The molecule has 0 spiro atoms. The van der Waals surface area contributed by atoms with Crippen molar-refractivity contribution in [2.45, 2.75) is 32.0 Å². The molecule has 0 aliphatic rings. The van der Waals surface area contributed by atoms with Gasteiger partial charge in [-0.05, 0) is 49.2 Å². The van der Waals surface area contributed by atoms with Crippen LogP contribution in [0.5, 0.6) is 0 Å². The van der Waals surface area contributed by atoms with Gasteiger partial charge in [0.05, 0.1) is 12.0 Å². The molecule has 146 valence electrons. The molecule has 9 heteroatoms. The Morgan fingerprint density at radius 3 is 2.71 bits per heavy atom. The third kappa shape index (κ3) is 4.80. The highest BCUT2D eigenvalue weighted by molar-refractivity contribution is 7.99. The Balaban J connectivity index is 1.69. The summed E-state index contributed by atoms with van der Waals surface area (Å²) in [5.74, 6) is 0.589. The van der Waals surface area contributed by atoms with Crippen LogP contribution >= 0.6 is 11.8 Å². The summed E-state index contributed by atoms with van der Waals surface area (Å²) in [4.78, 5) is 23.5. The van der Waals surface area contributed by atoms with Gasteiger partial charge in [-0.15, -0.1) is 10.2 Å². The Hall–Kier alpha value is -3.07. The van der Waals surface area contributed by atoms with Gasteiger partial charge in [-0.3, -0.25) is 14.2 Å². The summed E-state index contributed by atoms with van der Waals surface area (Å²) in [5.41, 5.74) is 8.30. The predicted molar refractivity (Wildman–Crippen MR) is 107 cm³/mol. The first-order valence-electron chi connectivity index (χ1n) is 8.69. The van der Waals surface area contributed by atoms with Crippen LogP contribution < -0.4 is 11.1 Å². The molecule has 8 nitrogen and oxygen atoms in total. The molecule has 3 aromatic rings. The molecule has 0 radical (unpaired) electrons. The molecule has 0 aliphatic carbocycles. The molecular weight excluding hydrogens is 378 g/mol. The van der Waals surface area contributed by atoms with E-state index in [1.165, 1.54) is 23.6 Å². The van der Waals surface area contributed by atoms with E-state index in [2.05, 4.69) is 15.5 Å². The average Bonchev–Trinajstić information content (AvgIpc) is 3.30. The fraction of sp³-hybridized carbons (Fsp3) is 0.263. The van der Waals surface area contributed by atoms with Crippen LogP contribution in [0.3, 0.4) is 0 Å². The van der Waals surface area contributed by atoms with Crippen molar-refractivity contribution >= 4 is 29.3 Å². The molecule has 2 amide bonds. The van der Waals surface area contributed by atoms with Gasteiger partial charge in [-0.2, -0.15) is 0 Å². The van der Waals surface area contributed by atoms with Gasteiger partial charge in [0.2, 0.25) is 11.8 Å². The minimum Gasteiger partial charge on any atom is -0.461 e. The second kappa shape index (κ2) is 8.75. The highest BCUT2D eigenvalue weighted by Gasteiger charge is 2.18. The third-order valence-electron chi connectivity index (χ3n) is 4.16. The predicted octanol–water partition coefficient (Wildman–Crippen LogP) is 2.76. The number of benzene rings is 1. The third-order valence-corrected chi connectivity index (χ3v) is 5.13. The molecule has 0 bridgehead atoms. The zero-order valence-electron chi connectivity index (χ0n) is 15.6. The van der Waals surface area contributed by atoms with Gasteiger partial charge in [0.15, 0.2) is 16.7 Å². The van der Waals surface area contributed by atoms with Gasteiger partial charge >= 0.3 is 0 Å². The molecule has 0 fully saturated rings. The van der Waals surface area contributed by atoms with Crippen LogP contribution in [0.25, 0.3) is 11.6 Å². The van der Waals surface area contributed by atoms with Crippen LogP contribution in [0.15, 0.2) is 46.2 Å². The molecule has 2 aromatic heterocycles. The van der Waals surface area contributed by atoms with Crippen molar-refractivity contribution < 1.29 is 14.0 Å². The number of primary amides is 1. The first-order valence-corrected chi connectivity index (χ1v) is 9.68. The Kier molecular flexibility index (Phi) is 6.15. The maximum atomic E-state index is 12.3. The zero-order chi connectivity index (χ0) is 20.1. The van der Waals surface area contributed by atoms with Crippen LogP contribution in [0.4, 0.5) is 5.69 Å². The van der Waals surface area contributed by atoms with Crippen molar-refractivity contribution in [1.82, 2.24) is 14.8 Å². The lowest BCUT2D eigenvalue weighted by Gasteiger charge is -2.09. The van der Waals surface area contributed by atoms with E-state index in [1.54, 1.807) is 16.7 Å². The van der Waals surface area contributed by atoms with Crippen LogP contribution in [-0.4, -0.2) is 32.3 Å². The van der Waals surface area contributed by atoms with E-state index < -0.39 is 5.91 Å². The normalized spacial score (nSPS) is 10.8. The lowest BCUT2D eigenvalue weighted by molar-refractivity contribution is -0.118. The maximum Gasteiger partial charge on any atom is 0.234 e. The summed E-state index contributed by atoms with van der Waals surface area (Å²) in [6, 6.07) is 9.27. The van der Waals surface area contributed by atoms with Gasteiger partial charge in [0.25, 0.3) is 0 Å². The number of hydrogen-bond acceptors (Lipinski definition) is 6. The fourth-order valence-corrected chi connectivity index (χ4v) is 3.32. The number of thioether (sulfide) groups is 1. The van der Waals surface area contributed by atoms with E-state index in [0.717, 1.165) is 11.3 Å². The summed E-state index contributed by atoms with van der Waals surface area (Å²) >= 11 is 1.24. The Morgan fingerprint density at radius 1 is 1.21 bits per heavy atom. The van der Waals surface area contributed by atoms with Crippen molar-refractivity contribution in [2.75, 3.05) is 11.1 Å². The van der Waals surface area contributed by atoms with E-state index in [0.29, 0.717) is 23.3 Å². The number of anilines is 1. The first-order chi connectivity index (χ1) is 13.4. The van der Waals surface area contributed by atoms with Gasteiger partial charge < -0.3 is 15.5 Å². The van der Waals surface area contributed by atoms with Crippen LogP contribution in [0.2, 0.25) is 0 Å². The molecule has 2 heterocycles. The number of furan rings is 1. The number of hydrogen-bond donors (Lipinski definition) is 2. The van der Waals surface area contributed by atoms with E-state index in [9.17, 15) is 9.59 Å². The molecule has 3 rings (SSSR count). The van der Waals surface area contributed by atoms with Gasteiger partial charge in [-0.25, -0.2) is 0 Å². The average molecular weight is 399 g/mol. The number of carbonyl (C=O) groups excluding carboxylic acids is 2. The van der Waals surface area contributed by atoms with Gasteiger partial charge in [-0.1, -0.05) is 17.8 Å². The number of aryl methyl sites for hydroxylation is 2. The van der Waals surface area contributed by atoms with Crippen molar-refractivity contribution in [2.24, 2.45) is 5.73 Å². The molecular formula is C19H21N5O3S. The minimum absolute atomic E-state index is 0.133. The van der Waals surface area contributed by atoms with Gasteiger partial charge in [0.1, 0.15) is 0 Å². The summed E-state index contributed by atoms with van der Waals surface area (Å²) in [5, 5.41) is 11.7. The molecule has 0 atom stereocenters. The topological polar surface area (TPSA) is 116 Å². The fourth-order valence-electron chi connectivity index (χ4n) is 2.55. The summed E-state index contributed by atoms with van der Waals surface area (Å²) < 4.78 is 7.11. The number of rotatable bonds is 8. The second-order valence-electron chi connectivity index (χ2n) is 6.29.